The van der Waals surface area contributed by atoms with E-state index in [-0.39, 0.29) is 6.23 Å². The van der Waals surface area contributed by atoms with Crippen molar-refractivity contribution in [1.29, 1.82) is 0 Å². The topological polar surface area (TPSA) is 41.5 Å². The van der Waals surface area contributed by atoms with E-state index < -0.39 is 0 Å². The molecule has 1 saturated carbocycles. The molecule has 3 aromatic carbocycles. The lowest BCUT2D eigenvalue weighted by Gasteiger charge is -2.25. The molecule has 0 spiro atoms. The van der Waals surface area contributed by atoms with Crippen molar-refractivity contribution in [3.63, 3.8) is 0 Å². The van der Waals surface area contributed by atoms with E-state index in [1.54, 1.807) is 12.1 Å². The van der Waals surface area contributed by atoms with Gasteiger partial charge in [-0.05, 0) is 103 Å². The van der Waals surface area contributed by atoms with E-state index in [0.29, 0.717) is 5.75 Å². The van der Waals surface area contributed by atoms with Gasteiger partial charge >= 0.3 is 0 Å². The highest BCUT2D eigenvalue weighted by Crippen LogP contribution is 2.40. The van der Waals surface area contributed by atoms with Crippen LogP contribution < -0.4 is 10.1 Å². The predicted octanol–water partition coefficient (Wildman–Crippen LogP) is 7.58. The molecule has 3 nitrogen and oxygen atoms in total. The summed E-state index contributed by atoms with van der Waals surface area (Å²) < 4.78 is 6.20. The number of phenolic OH excluding ortho intramolecular Hbond substituents is 1. The summed E-state index contributed by atoms with van der Waals surface area (Å²) >= 11 is 0. The van der Waals surface area contributed by atoms with E-state index in [0.717, 1.165) is 43.0 Å². The number of nitrogens with one attached hydrogen (secondary N) is 1. The molecule has 35 heavy (non-hydrogen) atoms. The molecule has 0 aromatic heterocycles. The minimum atomic E-state index is -0.0112. The number of fused-ring (bicyclic) bond motifs is 1. The zero-order valence-corrected chi connectivity index (χ0v) is 20.8. The van der Waals surface area contributed by atoms with Crippen LogP contribution in [0.5, 0.6) is 11.5 Å². The summed E-state index contributed by atoms with van der Waals surface area (Å²) in [6.45, 7) is 3.13. The lowest BCUT2D eigenvalue weighted by atomic mass is 9.81. The third kappa shape index (κ3) is 5.79. The predicted molar refractivity (Wildman–Crippen MR) is 145 cm³/mol. The molecule has 3 heteroatoms. The number of hydrogen-bond acceptors (Lipinski definition) is 3. The largest absolute Gasteiger partial charge is 0.508 e. The van der Waals surface area contributed by atoms with Crippen LogP contribution in [-0.4, -0.2) is 17.9 Å². The van der Waals surface area contributed by atoms with Crippen LogP contribution in [0.25, 0.3) is 11.1 Å². The molecule has 0 radical (unpaired) electrons. The van der Waals surface area contributed by atoms with Crippen molar-refractivity contribution in [3.8, 4) is 11.5 Å². The fraction of sp³-hybridized carbons (Fsp3) is 0.375. The third-order valence-corrected chi connectivity index (χ3v) is 7.55. The molecule has 2 aliphatic rings. The molecule has 1 atom stereocenters. The highest BCUT2D eigenvalue weighted by molar-refractivity contribution is 5.99. The summed E-state index contributed by atoms with van der Waals surface area (Å²) in [7, 11) is 0. The Morgan fingerprint density at radius 2 is 1.54 bits per heavy atom. The van der Waals surface area contributed by atoms with Crippen LogP contribution in [0.4, 0.5) is 0 Å². The van der Waals surface area contributed by atoms with Crippen LogP contribution in [-0.2, 0) is 6.42 Å². The van der Waals surface area contributed by atoms with Crippen molar-refractivity contribution in [2.75, 3.05) is 6.54 Å². The summed E-state index contributed by atoms with van der Waals surface area (Å²) in [5, 5.41) is 13.5. The maximum absolute atomic E-state index is 9.89. The van der Waals surface area contributed by atoms with Crippen molar-refractivity contribution in [2.45, 2.75) is 64.5 Å². The molecule has 5 rings (SSSR count). The van der Waals surface area contributed by atoms with Crippen LogP contribution in [0.2, 0.25) is 0 Å². The summed E-state index contributed by atoms with van der Waals surface area (Å²) in [6.07, 6.45) is 10.1. The first-order chi connectivity index (χ1) is 17.2. The standard InChI is InChI=1S/C32H37NO2/c1-23(33-22-24-8-3-2-4-9-24)35-29-20-16-27(17-21-29)32(26-14-18-28(34)19-15-26)31-13-7-11-25-10-5-6-12-30(25)31/h5-6,10,12,14-21,23-24,33-34H,2-4,7-9,11,13,22H2,1H3. The highest BCUT2D eigenvalue weighted by Gasteiger charge is 2.20. The lowest BCUT2D eigenvalue weighted by Crippen LogP contribution is -2.35. The van der Waals surface area contributed by atoms with Gasteiger partial charge in [0.1, 0.15) is 17.7 Å². The van der Waals surface area contributed by atoms with Gasteiger partial charge in [0.15, 0.2) is 0 Å². The first kappa shape index (κ1) is 23.7. The van der Waals surface area contributed by atoms with Crippen molar-refractivity contribution in [2.24, 2.45) is 5.92 Å². The normalized spacial score (nSPS) is 18.5. The van der Waals surface area contributed by atoms with Gasteiger partial charge in [0.05, 0.1) is 0 Å². The second kappa shape index (κ2) is 11.1. The Morgan fingerprint density at radius 3 is 2.29 bits per heavy atom. The maximum Gasteiger partial charge on any atom is 0.147 e. The number of ether oxygens (including phenoxy) is 1. The van der Waals surface area contributed by atoms with Gasteiger partial charge in [-0.1, -0.05) is 67.8 Å². The van der Waals surface area contributed by atoms with Gasteiger partial charge in [0, 0.05) is 6.54 Å². The van der Waals surface area contributed by atoms with Gasteiger partial charge in [-0.2, -0.15) is 0 Å². The summed E-state index contributed by atoms with van der Waals surface area (Å²) in [4.78, 5) is 0. The Labute approximate surface area is 209 Å². The fourth-order valence-corrected chi connectivity index (χ4v) is 5.70. The number of aromatic hydroxyl groups is 1. The number of allylic oxidation sites excluding steroid dienone is 1. The highest BCUT2D eigenvalue weighted by atomic mass is 16.5. The SMILES string of the molecule is CC(NCC1CCCCC1)Oc1ccc(C(=C2CCCc3ccccc32)c2ccc(O)cc2)cc1. The smallest absolute Gasteiger partial charge is 0.147 e. The van der Waals surface area contributed by atoms with E-state index in [2.05, 4.69) is 60.8 Å². The first-order valence-corrected chi connectivity index (χ1v) is 13.3. The van der Waals surface area contributed by atoms with Gasteiger partial charge in [0.2, 0.25) is 0 Å². The number of rotatable bonds is 7. The van der Waals surface area contributed by atoms with Crippen LogP contribution in [0, 0.1) is 5.92 Å². The summed E-state index contributed by atoms with van der Waals surface area (Å²) in [6, 6.07) is 24.9. The summed E-state index contributed by atoms with van der Waals surface area (Å²) in [5.74, 6) is 1.96. The summed E-state index contributed by atoms with van der Waals surface area (Å²) in [5.41, 5.74) is 7.70. The van der Waals surface area contributed by atoms with E-state index in [1.807, 2.05) is 12.1 Å². The molecule has 0 saturated heterocycles. The number of phenols is 1. The molecule has 3 aromatic rings. The van der Waals surface area contributed by atoms with Gasteiger partial charge in [0.25, 0.3) is 0 Å². The Balaban J connectivity index is 1.39. The Bertz CT molecular complexity index is 1140. The van der Waals surface area contributed by atoms with Crippen molar-refractivity contribution < 1.29 is 9.84 Å². The molecule has 0 heterocycles. The Kier molecular flexibility index (Phi) is 7.54. The fourth-order valence-electron chi connectivity index (χ4n) is 5.70. The Hall–Kier alpha value is -3.04. The Morgan fingerprint density at radius 1 is 0.857 bits per heavy atom. The van der Waals surface area contributed by atoms with Gasteiger partial charge in [-0.25, -0.2) is 0 Å². The van der Waals surface area contributed by atoms with E-state index in [9.17, 15) is 5.11 Å². The minimum Gasteiger partial charge on any atom is -0.508 e. The molecule has 0 amide bonds. The zero-order valence-electron chi connectivity index (χ0n) is 20.8. The molecule has 0 aliphatic heterocycles. The number of benzene rings is 3. The molecule has 1 fully saturated rings. The van der Waals surface area contributed by atoms with Crippen molar-refractivity contribution in [3.05, 3.63) is 95.1 Å². The van der Waals surface area contributed by atoms with Gasteiger partial charge < -0.3 is 9.84 Å². The molecule has 1 unspecified atom stereocenters. The lowest BCUT2D eigenvalue weighted by molar-refractivity contribution is 0.169. The molecule has 0 bridgehead atoms. The van der Waals surface area contributed by atoms with Crippen LogP contribution in [0.3, 0.4) is 0 Å². The monoisotopic (exact) mass is 467 g/mol. The number of hydrogen-bond donors (Lipinski definition) is 2. The minimum absolute atomic E-state index is 0.0112. The van der Waals surface area contributed by atoms with Crippen LogP contribution in [0.1, 0.15) is 74.1 Å². The van der Waals surface area contributed by atoms with E-state index in [4.69, 9.17) is 4.74 Å². The number of aryl methyl sites for hydroxylation is 1. The average molecular weight is 468 g/mol. The average Bonchev–Trinajstić information content (AvgIpc) is 2.90. The van der Waals surface area contributed by atoms with Gasteiger partial charge in [-0.15, -0.1) is 0 Å². The third-order valence-electron chi connectivity index (χ3n) is 7.55. The molecular formula is C32H37NO2. The molecule has 2 aliphatic carbocycles. The molecular weight excluding hydrogens is 430 g/mol. The quantitative estimate of drug-likeness (QED) is 0.352. The van der Waals surface area contributed by atoms with E-state index >= 15 is 0 Å². The van der Waals surface area contributed by atoms with Gasteiger partial charge in [-0.3, -0.25) is 5.32 Å². The van der Waals surface area contributed by atoms with Crippen molar-refractivity contribution >= 4 is 11.1 Å². The molecule has 2 N–H and O–H groups in total. The van der Waals surface area contributed by atoms with Crippen LogP contribution >= 0.6 is 0 Å². The second-order valence-corrected chi connectivity index (χ2v) is 10.1. The molecule has 182 valence electrons. The van der Waals surface area contributed by atoms with E-state index in [1.165, 1.54) is 59.9 Å². The zero-order chi connectivity index (χ0) is 24.0. The van der Waals surface area contributed by atoms with Crippen molar-refractivity contribution in [1.82, 2.24) is 5.32 Å². The van der Waals surface area contributed by atoms with Crippen LogP contribution in [0.15, 0.2) is 72.8 Å². The maximum atomic E-state index is 9.89. The second-order valence-electron chi connectivity index (χ2n) is 10.1. The first-order valence-electron chi connectivity index (χ1n) is 13.3.